The zero-order valence-corrected chi connectivity index (χ0v) is 11.1. The second-order valence-corrected chi connectivity index (χ2v) is 5.53. The maximum Gasteiger partial charge on any atom is 0.239 e. The lowest BCUT2D eigenvalue weighted by atomic mass is 9.98. The Morgan fingerprint density at radius 3 is 2.88 bits per heavy atom. The first-order valence-electron chi connectivity index (χ1n) is 6.92. The summed E-state index contributed by atoms with van der Waals surface area (Å²) in [5.41, 5.74) is 6.03. The van der Waals surface area contributed by atoms with E-state index in [9.17, 15) is 4.79 Å². The first kappa shape index (κ1) is 12.8. The Morgan fingerprint density at radius 1 is 1.41 bits per heavy atom. The van der Waals surface area contributed by atoms with Crippen LogP contribution in [0.3, 0.4) is 0 Å². The van der Waals surface area contributed by atoms with Crippen LogP contribution in [0, 0.1) is 5.92 Å². The highest BCUT2D eigenvalue weighted by atomic mass is 16.2. The number of piperazine rings is 1. The van der Waals surface area contributed by atoms with E-state index in [0.29, 0.717) is 6.04 Å². The van der Waals surface area contributed by atoms with E-state index < -0.39 is 0 Å². The van der Waals surface area contributed by atoms with Gasteiger partial charge in [0.1, 0.15) is 0 Å². The third kappa shape index (κ3) is 2.63. The number of hydrogen-bond donors (Lipinski definition) is 1. The van der Waals surface area contributed by atoms with Crippen molar-refractivity contribution in [2.75, 3.05) is 26.2 Å². The Labute approximate surface area is 104 Å². The molecule has 0 aliphatic carbocycles. The van der Waals surface area contributed by atoms with Crippen LogP contribution < -0.4 is 5.73 Å². The third-order valence-electron chi connectivity index (χ3n) is 4.44. The molecule has 2 saturated heterocycles. The minimum Gasteiger partial charge on any atom is -0.338 e. The predicted octanol–water partition coefficient (Wildman–Crippen LogP) is 0.666. The summed E-state index contributed by atoms with van der Waals surface area (Å²) in [5, 5.41) is 0. The molecular formula is C13H25N3O. The molecule has 4 nitrogen and oxygen atoms in total. The number of fused-ring (bicyclic) bond motifs is 1. The van der Waals surface area contributed by atoms with Gasteiger partial charge in [-0.1, -0.05) is 20.3 Å². The third-order valence-corrected chi connectivity index (χ3v) is 4.44. The van der Waals surface area contributed by atoms with Crippen LogP contribution in [0.4, 0.5) is 0 Å². The van der Waals surface area contributed by atoms with Gasteiger partial charge in [-0.3, -0.25) is 9.69 Å². The van der Waals surface area contributed by atoms with Gasteiger partial charge in [0.05, 0.1) is 6.04 Å². The summed E-state index contributed by atoms with van der Waals surface area (Å²) >= 11 is 0. The molecule has 2 rings (SSSR count). The Hall–Kier alpha value is -0.610. The fourth-order valence-electron chi connectivity index (χ4n) is 2.90. The van der Waals surface area contributed by atoms with Gasteiger partial charge >= 0.3 is 0 Å². The number of nitrogens with two attached hydrogens (primary N) is 1. The van der Waals surface area contributed by atoms with E-state index in [1.54, 1.807) is 0 Å². The number of carbonyl (C=O) groups is 1. The van der Waals surface area contributed by atoms with Gasteiger partial charge in [0, 0.05) is 25.7 Å². The zero-order valence-electron chi connectivity index (χ0n) is 11.1. The Bertz CT molecular complexity index is 282. The molecule has 2 heterocycles. The largest absolute Gasteiger partial charge is 0.338 e. The molecule has 2 fully saturated rings. The summed E-state index contributed by atoms with van der Waals surface area (Å²) in [5.74, 6) is 0.440. The van der Waals surface area contributed by atoms with Crippen molar-refractivity contribution >= 4 is 5.91 Å². The van der Waals surface area contributed by atoms with Crippen molar-refractivity contribution in [3.05, 3.63) is 0 Å². The maximum atomic E-state index is 12.3. The average Bonchev–Trinajstić information content (AvgIpc) is 2.83. The van der Waals surface area contributed by atoms with Gasteiger partial charge in [0.2, 0.25) is 5.91 Å². The molecule has 1 amide bonds. The fraction of sp³-hybridized carbons (Fsp3) is 0.923. The van der Waals surface area contributed by atoms with Crippen molar-refractivity contribution in [3.63, 3.8) is 0 Å². The minimum absolute atomic E-state index is 0.158. The SMILES string of the molecule is CCC(C)[C@@H](N)C(=O)N1CCN2CCCC2C1. The van der Waals surface area contributed by atoms with Gasteiger partial charge in [-0.2, -0.15) is 0 Å². The maximum absolute atomic E-state index is 12.3. The molecule has 0 spiro atoms. The van der Waals surface area contributed by atoms with Crippen LogP contribution in [-0.2, 0) is 4.79 Å². The van der Waals surface area contributed by atoms with Crippen LogP contribution in [0.2, 0.25) is 0 Å². The van der Waals surface area contributed by atoms with Crippen LogP contribution in [0.1, 0.15) is 33.1 Å². The van der Waals surface area contributed by atoms with E-state index in [0.717, 1.165) is 26.1 Å². The number of amides is 1. The lowest BCUT2D eigenvalue weighted by Crippen LogP contribution is -2.56. The van der Waals surface area contributed by atoms with E-state index in [1.807, 2.05) is 4.90 Å². The van der Waals surface area contributed by atoms with Crippen molar-refractivity contribution in [2.45, 2.75) is 45.2 Å². The smallest absolute Gasteiger partial charge is 0.239 e. The molecule has 3 atom stereocenters. The fourth-order valence-corrected chi connectivity index (χ4v) is 2.90. The summed E-state index contributed by atoms with van der Waals surface area (Å²) in [4.78, 5) is 16.8. The second kappa shape index (κ2) is 5.36. The highest BCUT2D eigenvalue weighted by Crippen LogP contribution is 2.22. The number of carbonyl (C=O) groups excluding carboxylic acids is 1. The van der Waals surface area contributed by atoms with E-state index in [4.69, 9.17) is 5.73 Å². The zero-order chi connectivity index (χ0) is 12.4. The predicted molar refractivity (Wildman–Crippen MR) is 68.6 cm³/mol. The number of hydrogen-bond acceptors (Lipinski definition) is 3. The summed E-state index contributed by atoms with van der Waals surface area (Å²) in [6.07, 6.45) is 3.49. The summed E-state index contributed by atoms with van der Waals surface area (Å²) in [7, 11) is 0. The van der Waals surface area contributed by atoms with Crippen LogP contribution in [0.15, 0.2) is 0 Å². The molecule has 0 radical (unpaired) electrons. The topological polar surface area (TPSA) is 49.6 Å². The van der Waals surface area contributed by atoms with Crippen LogP contribution >= 0.6 is 0 Å². The van der Waals surface area contributed by atoms with Gasteiger partial charge in [0.15, 0.2) is 0 Å². The van der Waals surface area contributed by atoms with E-state index in [1.165, 1.54) is 19.4 Å². The quantitative estimate of drug-likeness (QED) is 0.787. The van der Waals surface area contributed by atoms with E-state index in [-0.39, 0.29) is 17.9 Å². The average molecular weight is 239 g/mol. The minimum atomic E-state index is -0.312. The van der Waals surface area contributed by atoms with E-state index in [2.05, 4.69) is 18.7 Å². The summed E-state index contributed by atoms with van der Waals surface area (Å²) in [6.45, 7) is 8.15. The lowest BCUT2D eigenvalue weighted by molar-refractivity contribution is -0.136. The van der Waals surface area contributed by atoms with Gasteiger partial charge < -0.3 is 10.6 Å². The van der Waals surface area contributed by atoms with Crippen LogP contribution in [0.5, 0.6) is 0 Å². The molecule has 98 valence electrons. The Kier molecular flexibility index (Phi) is 4.05. The summed E-state index contributed by atoms with van der Waals surface area (Å²) in [6, 6.07) is 0.282. The van der Waals surface area contributed by atoms with Crippen molar-refractivity contribution in [3.8, 4) is 0 Å². The number of rotatable bonds is 3. The molecule has 2 N–H and O–H groups in total. The highest BCUT2D eigenvalue weighted by molar-refractivity contribution is 5.82. The second-order valence-electron chi connectivity index (χ2n) is 5.53. The number of nitrogens with zero attached hydrogens (tertiary/aromatic N) is 2. The van der Waals surface area contributed by atoms with Gasteiger partial charge in [-0.15, -0.1) is 0 Å². The molecule has 2 aliphatic heterocycles. The molecule has 2 unspecified atom stereocenters. The molecule has 0 bridgehead atoms. The molecule has 0 aromatic rings. The Balaban J connectivity index is 1.92. The van der Waals surface area contributed by atoms with E-state index >= 15 is 0 Å². The van der Waals surface area contributed by atoms with Crippen LogP contribution in [0.25, 0.3) is 0 Å². The molecular weight excluding hydrogens is 214 g/mol. The van der Waals surface area contributed by atoms with Gasteiger partial charge in [-0.05, 0) is 25.3 Å². The lowest BCUT2D eigenvalue weighted by Gasteiger charge is -2.39. The van der Waals surface area contributed by atoms with Gasteiger partial charge in [-0.25, -0.2) is 0 Å². The molecule has 4 heteroatoms. The molecule has 17 heavy (non-hydrogen) atoms. The molecule has 0 saturated carbocycles. The molecule has 0 aromatic heterocycles. The molecule has 2 aliphatic rings. The van der Waals surface area contributed by atoms with Crippen molar-refractivity contribution in [2.24, 2.45) is 11.7 Å². The summed E-state index contributed by atoms with van der Waals surface area (Å²) < 4.78 is 0. The monoisotopic (exact) mass is 239 g/mol. The van der Waals surface area contributed by atoms with Crippen molar-refractivity contribution in [1.82, 2.24) is 9.80 Å². The van der Waals surface area contributed by atoms with Crippen molar-refractivity contribution < 1.29 is 4.79 Å². The first-order chi connectivity index (χ1) is 8.13. The Morgan fingerprint density at radius 2 is 2.18 bits per heavy atom. The normalized spacial score (nSPS) is 28.9. The highest BCUT2D eigenvalue weighted by Gasteiger charge is 2.34. The van der Waals surface area contributed by atoms with Gasteiger partial charge in [0.25, 0.3) is 0 Å². The van der Waals surface area contributed by atoms with Crippen LogP contribution in [-0.4, -0.2) is 54.0 Å². The standard InChI is InChI=1S/C13H25N3O/c1-3-10(2)12(14)13(17)16-8-7-15-6-4-5-11(15)9-16/h10-12H,3-9,14H2,1-2H3/t10?,11?,12-/m1/s1. The molecule has 0 aromatic carbocycles. The first-order valence-corrected chi connectivity index (χ1v) is 6.92. The van der Waals surface area contributed by atoms with Crippen molar-refractivity contribution in [1.29, 1.82) is 0 Å².